The Balaban J connectivity index is 1.97. The highest BCUT2D eigenvalue weighted by Crippen LogP contribution is 2.29. The van der Waals surface area contributed by atoms with Crippen molar-refractivity contribution < 1.29 is 23.0 Å². The number of hydrogen-bond acceptors (Lipinski definition) is 3. The van der Waals surface area contributed by atoms with Gasteiger partial charge in [0.1, 0.15) is 5.75 Å². The summed E-state index contributed by atoms with van der Waals surface area (Å²) >= 11 is 0. The largest absolute Gasteiger partial charge is 0.573 e. The van der Waals surface area contributed by atoms with E-state index in [1.807, 2.05) is 6.07 Å². The second kappa shape index (κ2) is 7.58. The number of anilines is 1. The van der Waals surface area contributed by atoms with Crippen LogP contribution in [0.2, 0.25) is 0 Å². The van der Waals surface area contributed by atoms with Crippen molar-refractivity contribution in [1.29, 1.82) is 0 Å². The average molecular weight is 339 g/mol. The Hall–Kier alpha value is -2.90. The molecule has 0 amide bonds. The number of nitrogens with one attached hydrogen (secondary N) is 1. The topological polar surface area (TPSA) is 79.9 Å². The fourth-order valence-electron chi connectivity index (χ4n) is 1.98. The molecule has 4 N–H and O–H groups in total. The minimum absolute atomic E-state index is 0.0339. The Kier molecular flexibility index (Phi) is 5.51. The molecule has 2 aromatic rings. The van der Waals surface area contributed by atoms with Crippen molar-refractivity contribution in [2.24, 2.45) is 10.7 Å². The molecule has 0 aromatic heterocycles. The summed E-state index contributed by atoms with van der Waals surface area (Å²) in [6, 6.07) is 12.2. The summed E-state index contributed by atoms with van der Waals surface area (Å²) in [6.07, 6.45) is -4.27. The van der Waals surface area contributed by atoms with Gasteiger partial charge >= 0.3 is 6.36 Å². The van der Waals surface area contributed by atoms with Crippen molar-refractivity contribution in [2.45, 2.75) is 12.8 Å². The van der Waals surface area contributed by atoms with Gasteiger partial charge in [0.15, 0.2) is 11.7 Å². The minimum Gasteiger partial charge on any atom is -0.508 e. The number of nitrogens with two attached hydrogens (primary N) is 1. The number of halogens is 3. The molecular formula is C16H16F3N3O2. The number of nitrogens with zero attached hydrogens (tertiary/aromatic N) is 1. The van der Waals surface area contributed by atoms with Gasteiger partial charge in [0.25, 0.3) is 0 Å². The Bertz CT molecular complexity index is 718. The number of aromatic hydroxyl groups is 1. The molecule has 0 atom stereocenters. The van der Waals surface area contributed by atoms with Crippen LogP contribution in [0.1, 0.15) is 5.56 Å². The SMILES string of the molecule is NC(=NCCc1cccc(O)c1)Nc1ccccc1OC(F)(F)F. The Morgan fingerprint density at radius 1 is 1.17 bits per heavy atom. The van der Waals surface area contributed by atoms with Crippen molar-refractivity contribution >= 4 is 11.6 Å². The van der Waals surface area contributed by atoms with E-state index in [1.54, 1.807) is 24.3 Å². The maximum Gasteiger partial charge on any atom is 0.573 e. The van der Waals surface area contributed by atoms with Gasteiger partial charge in [-0.3, -0.25) is 4.99 Å². The van der Waals surface area contributed by atoms with Crippen molar-refractivity contribution in [3.63, 3.8) is 0 Å². The monoisotopic (exact) mass is 339 g/mol. The normalized spacial score (nSPS) is 12.0. The maximum absolute atomic E-state index is 12.3. The lowest BCUT2D eigenvalue weighted by Crippen LogP contribution is -2.24. The molecule has 0 spiro atoms. The van der Waals surface area contributed by atoms with Crippen molar-refractivity contribution in [3.8, 4) is 11.5 Å². The number of hydrogen-bond donors (Lipinski definition) is 3. The highest BCUT2D eigenvalue weighted by atomic mass is 19.4. The summed E-state index contributed by atoms with van der Waals surface area (Å²) in [6.45, 7) is 0.310. The van der Waals surface area contributed by atoms with Crippen LogP contribution in [0.4, 0.5) is 18.9 Å². The smallest absolute Gasteiger partial charge is 0.508 e. The summed E-state index contributed by atoms with van der Waals surface area (Å²) in [7, 11) is 0. The third-order valence-corrected chi connectivity index (χ3v) is 2.97. The van der Waals surface area contributed by atoms with Gasteiger partial charge in [-0.2, -0.15) is 0 Å². The number of para-hydroxylation sites is 2. The van der Waals surface area contributed by atoms with Gasteiger partial charge in [0.05, 0.1) is 5.69 Å². The molecule has 0 unspecified atom stereocenters. The highest BCUT2D eigenvalue weighted by molar-refractivity contribution is 5.93. The molecule has 0 fully saturated rings. The van der Waals surface area contributed by atoms with Crippen LogP contribution in [0.25, 0.3) is 0 Å². The molecule has 2 rings (SSSR count). The van der Waals surface area contributed by atoms with Crippen LogP contribution in [-0.2, 0) is 6.42 Å². The first-order chi connectivity index (χ1) is 11.3. The van der Waals surface area contributed by atoms with Gasteiger partial charge in [-0.05, 0) is 36.2 Å². The van der Waals surface area contributed by atoms with Crippen LogP contribution in [0.15, 0.2) is 53.5 Å². The van der Waals surface area contributed by atoms with Gasteiger partial charge in [-0.15, -0.1) is 13.2 Å². The van der Waals surface area contributed by atoms with Gasteiger partial charge in [-0.25, -0.2) is 0 Å². The number of guanidine groups is 1. The van der Waals surface area contributed by atoms with E-state index >= 15 is 0 Å². The standard InChI is InChI=1S/C16H16F3N3O2/c17-16(18,19)24-14-7-2-1-6-13(14)22-15(20)21-9-8-11-4-3-5-12(23)10-11/h1-7,10,23H,8-9H2,(H3,20,21,22). The summed E-state index contributed by atoms with van der Waals surface area (Å²) in [4.78, 5) is 4.05. The van der Waals surface area contributed by atoms with Crippen LogP contribution in [0.5, 0.6) is 11.5 Å². The van der Waals surface area contributed by atoms with Gasteiger partial charge in [-0.1, -0.05) is 24.3 Å². The number of phenols is 1. The lowest BCUT2D eigenvalue weighted by atomic mass is 10.1. The quantitative estimate of drug-likeness (QED) is 0.577. The summed E-state index contributed by atoms with van der Waals surface area (Å²) in [5.41, 5.74) is 6.62. The third-order valence-electron chi connectivity index (χ3n) is 2.97. The molecule has 0 aliphatic carbocycles. The van der Waals surface area contributed by atoms with E-state index in [1.165, 1.54) is 18.2 Å². The fourth-order valence-corrected chi connectivity index (χ4v) is 1.98. The predicted molar refractivity (Wildman–Crippen MR) is 85.0 cm³/mol. The fraction of sp³-hybridized carbons (Fsp3) is 0.188. The molecule has 0 aliphatic rings. The zero-order valence-corrected chi connectivity index (χ0v) is 12.5. The molecule has 2 aromatic carbocycles. The van der Waals surface area contributed by atoms with Crippen LogP contribution < -0.4 is 15.8 Å². The summed E-state index contributed by atoms with van der Waals surface area (Å²) in [5, 5.41) is 11.9. The zero-order chi connectivity index (χ0) is 17.6. The molecule has 0 radical (unpaired) electrons. The van der Waals surface area contributed by atoms with Crippen LogP contribution in [-0.4, -0.2) is 24.0 Å². The Morgan fingerprint density at radius 2 is 1.92 bits per heavy atom. The van der Waals surface area contributed by atoms with E-state index in [9.17, 15) is 18.3 Å². The van der Waals surface area contributed by atoms with Crippen LogP contribution in [0.3, 0.4) is 0 Å². The molecule has 0 aliphatic heterocycles. The molecule has 0 saturated heterocycles. The molecule has 0 bridgehead atoms. The van der Waals surface area contributed by atoms with Crippen LogP contribution in [0, 0.1) is 0 Å². The van der Waals surface area contributed by atoms with E-state index in [2.05, 4.69) is 15.0 Å². The Morgan fingerprint density at radius 3 is 2.62 bits per heavy atom. The van der Waals surface area contributed by atoms with Gasteiger partial charge < -0.3 is 20.9 Å². The van der Waals surface area contributed by atoms with Crippen molar-refractivity contribution in [2.75, 3.05) is 11.9 Å². The molecule has 8 heteroatoms. The molecule has 128 valence electrons. The molecule has 24 heavy (non-hydrogen) atoms. The number of alkyl halides is 3. The van der Waals surface area contributed by atoms with Crippen molar-refractivity contribution in [1.82, 2.24) is 0 Å². The first-order valence-electron chi connectivity index (χ1n) is 7.03. The molecule has 0 heterocycles. The predicted octanol–water partition coefficient (Wildman–Crippen LogP) is 3.26. The van der Waals surface area contributed by atoms with E-state index in [4.69, 9.17) is 5.73 Å². The molecular weight excluding hydrogens is 323 g/mol. The Labute approximate surface area is 136 Å². The lowest BCUT2D eigenvalue weighted by Gasteiger charge is -2.14. The lowest BCUT2D eigenvalue weighted by molar-refractivity contribution is -0.274. The summed E-state index contributed by atoms with van der Waals surface area (Å²) in [5.74, 6) is -0.273. The van der Waals surface area contributed by atoms with E-state index in [0.717, 1.165) is 5.56 Å². The number of ether oxygens (including phenoxy) is 1. The number of aliphatic imine (C=N–C) groups is 1. The van der Waals surface area contributed by atoms with Gasteiger partial charge in [0.2, 0.25) is 0 Å². The molecule has 0 saturated carbocycles. The van der Waals surface area contributed by atoms with E-state index < -0.39 is 12.1 Å². The maximum atomic E-state index is 12.3. The number of rotatable bonds is 5. The van der Waals surface area contributed by atoms with E-state index in [-0.39, 0.29) is 17.4 Å². The molecule has 5 nitrogen and oxygen atoms in total. The average Bonchev–Trinajstić information content (AvgIpc) is 2.48. The van der Waals surface area contributed by atoms with E-state index in [0.29, 0.717) is 13.0 Å². The first-order valence-corrected chi connectivity index (χ1v) is 7.03. The number of benzene rings is 2. The minimum atomic E-state index is -4.79. The third kappa shape index (κ3) is 5.71. The second-order valence-corrected chi connectivity index (χ2v) is 4.86. The second-order valence-electron chi connectivity index (χ2n) is 4.86. The van der Waals surface area contributed by atoms with Crippen molar-refractivity contribution in [3.05, 3.63) is 54.1 Å². The highest BCUT2D eigenvalue weighted by Gasteiger charge is 2.32. The number of phenolic OH excluding ortho intramolecular Hbond substituents is 1. The van der Waals surface area contributed by atoms with Gasteiger partial charge in [0, 0.05) is 6.54 Å². The first kappa shape index (κ1) is 17.5. The zero-order valence-electron chi connectivity index (χ0n) is 12.5. The van der Waals surface area contributed by atoms with Crippen LogP contribution >= 0.6 is 0 Å². The summed E-state index contributed by atoms with van der Waals surface area (Å²) < 4.78 is 41.0.